The summed E-state index contributed by atoms with van der Waals surface area (Å²) >= 11 is 0. The lowest BCUT2D eigenvalue weighted by molar-refractivity contribution is -0.0331. The smallest absolute Gasteiger partial charge is 0.0829 e. The second kappa shape index (κ2) is 7.40. The lowest BCUT2D eigenvalue weighted by Gasteiger charge is -2.34. The van der Waals surface area contributed by atoms with Gasteiger partial charge in [-0.15, -0.1) is 0 Å². The van der Waals surface area contributed by atoms with Crippen LogP contribution in [-0.2, 0) is 4.74 Å². The molecule has 5 nitrogen and oxygen atoms in total. The maximum absolute atomic E-state index is 5.80. The molecule has 0 radical (unpaired) electrons. The number of ether oxygens (including phenoxy) is 1. The van der Waals surface area contributed by atoms with Gasteiger partial charge in [0.15, 0.2) is 0 Å². The molecule has 2 rings (SSSR count). The molecule has 0 aromatic heterocycles. The van der Waals surface area contributed by atoms with Crippen LogP contribution in [0, 0.1) is 0 Å². The predicted octanol–water partition coefficient (Wildman–Crippen LogP) is -0.846. The van der Waals surface area contributed by atoms with E-state index in [2.05, 4.69) is 34.1 Å². The number of nitrogens with zero attached hydrogens (tertiary/aromatic N) is 3. The first-order valence-electron chi connectivity index (χ1n) is 7.16. The molecule has 0 spiro atoms. The van der Waals surface area contributed by atoms with Gasteiger partial charge in [-0.3, -0.25) is 4.90 Å². The van der Waals surface area contributed by atoms with E-state index in [1.165, 1.54) is 19.6 Å². The first kappa shape index (κ1) is 14.2. The third-order valence-electron chi connectivity index (χ3n) is 3.86. The van der Waals surface area contributed by atoms with Crippen LogP contribution >= 0.6 is 0 Å². The summed E-state index contributed by atoms with van der Waals surface area (Å²) in [6.07, 6.45) is 0.386. The number of morpholine rings is 1. The Morgan fingerprint density at radius 2 is 2.06 bits per heavy atom. The second-order valence-electron chi connectivity index (χ2n) is 5.61. The molecule has 0 aliphatic carbocycles. The molecule has 0 amide bonds. The Labute approximate surface area is 111 Å². The van der Waals surface area contributed by atoms with Gasteiger partial charge in [-0.1, -0.05) is 0 Å². The van der Waals surface area contributed by atoms with Gasteiger partial charge in [-0.05, 0) is 14.1 Å². The highest BCUT2D eigenvalue weighted by atomic mass is 16.5. The fraction of sp³-hybridized carbons (Fsp3) is 1.00. The van der Waals surface area contributed by atoms with Gasteiger partial charge in [-0.2, -0.15) is 0 Å². The normalized spacial score (nSPS) is 27.8. The van der Waals surface area contributed by atoms with E-state index in [4.69, 9.17) is 4.74 Å². The second-order valence-corrected chi connectivity index (χ2v) is 5.61. The van der Waals surface area contributed by atoms with Crippen LogP contribution in [0.1, 0.15) is 0 Å². The summed E-state index contributed by atoms with van der Waals surface area (Å²) in [5, 5.41) is 3.39. The predicted molar refractivity (Wildman–Crippen MR) is 74.0 cm³/mol. The number of nitrogens with one attached hydrogen (secondary N) is 1. The highest BCUT2D eigenvalue weighted by Gasteiger charge is 2.19. The maximum atomic E-state index is 5.80. The standard InChI is InChI=1S/C13H28N4O/c1-15(7-8-17-5-3-14-4-6-17)11-13-12-16(2)9-10-18-13/h13-14H,3-12H2,1-2H3. The first-order chi connectivity index (χ1) is 8.74. The van der Waals surface area contributed by atoms with Crippen LogP contribution < -0.4 is 5.32 Å². The molecule has 0 aromatic carbocycles. The Morgan fingerprint density at radius 1 is 1.28 bits per heavy atom. The molecule has 0 aromatic rings. The lowest BCUT2D eigenvalue weighted by Crippen LogP contribution is -2.48. The van der Waals surface area contributed by atoms with Crippen LogP contribution in [0.15, 0.2) is 0 Å². The highest BCUT2D eigenvalue weighted by Crippen LogP contribution is 2.04. The highest BCUT2D eigenvalue weighted by molar-refractivity contribution is 4.73. The Bertz CT molecular complexity index is 233. The molecule has 18 heavy (non-hydrogen) atoms. The Morgan fingerprint density at radius 3 is 2.78 bits per heavy atom. The molecule has 2 fully saturated rings. The summed E-state index contributed by atoms with van der Waals surface area (Å²) in [6, 6.07) is 0. The van der Waals surface area contributed by atoms with Crippen molar-refractivity contribution in [1.82, 2.24) is 20.0 Å². The largest absolute Gasteiger partial charge is 0.374 e. The molecule has 1 N–H and O–H groups in total. The average Bonchev–Trinajstić information content (AvgIpc) is 2.38. The minimum Gasteiger partial charge on any atom is -0.374 e. The molecule has 5 heteroatoms. The fourth-order valence-electron chi connectivity index (χ4n) is 2.66. The summed E-state index contributed by atoms with van der Waals surface area (Å²) < 4.78 is 5.80. The number of likely N-dealkylation sites (N-methyl/N-ethyl adjacent to an activating group) is 2. The molecule has 0 bridgehead atoms. The van der Waals surface area contributed by atoms with Crippen LogP contribution in [0.4, 0.5) is 0 Å². The SMILES string of the molecule is CN1CCOC(CN(C)CCN2CCNCC2)C1. The Hall–Kier alpha value is -0.200. The average molecular weight is 256 g/mol. The third kappa shape index (κ3) is 4.82. The topological polar surface area (TPSA) is 31.0 Å². The van der Waals surface area contributed by atoms with E-state index in [1.54, 1.807) is 0 Å². The zero-order chi connectivity index (χ0) is 12.8. The number of piperazine rings is 1. The molecule has 2 aliphatic heterocycles. The quantitative estimate of drug-likeness (QED) is 0.693. The molecule has 2 aliphatic rings. The summed E-state index contributed by atoms with van der Waals surface area (Å²) in [6.45, 7) is 11.1. The van der Waals surface area contributed by atoms with Crippen molar-refractivity contribution >= 4 is 0 Å². The van der Waals surface area contributed by atoms with Gasteiger partial charge in [0.2, 0.25) is 0 Å². The summed E-state index contributed by atoms with van der Waals surface area (Å²) in [5.41, 5.74) is 0. The zero-order valence-electron chi connectivity index (χ0n) is 11.9. The van der Waals surface area contributed by atoms with E-state index in [9.17, 15) is 0 Å². The molecule has 106 valence electrons. The number of hydrogen-bond donors (Lipinski definition) is 1. The monoisotopic (exact) mass is 256 g/mol. The van der Waals surface area contributed by atoms with Crippen molar-refractivity contribution < 1.29 is 4.74 Å². The van der Waals surface area contributed by atoms with Crippen LogP contribution in [0.5, 0.6) is 0 Å². The van der Waals surface area contributed by atoms with Crippen LogP contribution in [0.3, 0.4) is 0 Å². The van der Waals surface area contributed by atoms with Gasteiger partial charge in [0.25, 0.3) is 0 Å². The van der Waals surface area contributed by atoms with Crippen molar-refractivity contribution in [3.63, 3.8) is 0 Å². The Balaban J connectivity index is 1.60. The van der Waals surface area contributed by atoms with E-state index in [0.717, 1.165) is 45.9 Å². The van der Waals surface area contributed by atoms with Crippen molar-refractivity contribution in [3.05, 3.63) is 0 Å². The van der Waals surface area contributed by atoms with Crippen molar-refractivity contribution in [1.29, 1.82) is 0 Å². The minimum absolute atomic E-state index is 0.386. The van der Waals surface area contributed by atoms with Gasteiger partial charge in [0.1, 0.15) is 0 Å². The minimum atomic E-state index is 0.386. The van der Waals surface area contributed by atoms with Crippen LogP contribution in [-0.4, -0.2) is 100 Å². The van der Waals surface area contributed by atoms with Gasteiger partial charge in [0, 0.05) is 58.9 Å². The lowest BCUT2D eigenvalue weighted by atomic mass is 10.2. The van der Waals surface area contributed by atoms with Crippen LogP contribution in [0.25, 0.3) is 0 Å². The van der Waals surface area contributed by atoms with Crippen LogP contribution in [0.2, 0.25) is 0 Å². The van der Waals surface area contributed by atoms with Crippen molar-refractivity contribution in [3.8, 4) is 0 Å². The number of rotatable bonds is 5. The molecule has 1 unspecified atom stereocenters. The maximum Gasteiger partial charge on any atom is 0.0829 e. The third-order valence-corrected chi connectivity index (χ3v) is 3.86. The fourth-order valence-corrected chi connectivity index (χ4v) is 2.66. The molecular formula is C13H28N4O. The van der Waals surface area contributed by atoms with E-state index in [1.807, 2.05) is 0 Å². The molecule has 2 heterocycles. The van der Waals surface area contributed by atoms with Crippen molar-refractivity contribution in [2.75, 3.05) is 79.6 Å². The van der Waals surface area contributed by atoms with E-state index in [-0.39, 0.29) is 0 Å². The van der Waals surface area contributed by atoms with Crippen molar-refractivity contribution in [2.45, 2.75) is 6.10 Å². The summed E-state index contributed by atoms with van der Waals surface area (Å²) in [5.74, 6) is 0. The van der Waals surface area contributed by atoms with E-state index < -0.39 is 0 Å². The van der Waals surface area contributed by atoms with Gasteiger partial charge >= 0.3 is 0 Å². The summed E-state index contributed by atoms with van der Waals surface area (Å²) in [4.78, 5) is 7.31. The first-order valence-corrected chi connectivity index (χ1v) is 7.16. The number of hydrogen-bond acceptors (Lipinski definition) is 5. The molecule has 0 saturated carbocycles. The van der Waals surface area contributed by atoms with Gasteiger partial charge in [-0.25, -0.2) is 0 Å². The zero-order valence-corrected chi connectivity index (χ0v) is 11.9. The molecule has 2 saturated heterocycles. The summed E-state index contributed by atoms with van der Waals surface area (Å²) in [7, 11) is 4.39. The molecular weight excluding hydrogens is 228 g/mol. The van der Waals surface area contributed by atoms with Gasteiger partial charge < -0.3 is 19.9 Å². The van der Waals surface area contributed by atoms with Crippen molar-refractivity contribution in [2.24, 2.45) is 0 Å². The van der Waals surface area contributed by atoms with Gasteiger partial charge in [0.05, 0.1) is 12.7 Å². The Kier molecular flexibility index (Phi) is 5.85. The molecule has 1 atom stereocenters. The van der Waals surface area contributed by atoms with E-state index in [0.29, 0.717) is 6.10 Å². The van der Waals surface area contributed by atoms with E-state index >= 15 is 0 Å².